The molecule has 1 N–H and O–H groups in total. The van der Waals surface area contributed by atoms with Gasteiger partial charge < -0.3 is 14.8 Å². The number of benzene rings is 2. The van der Waals surface area contributed by atoms with Gasteiger partial charge in [-0.15, -0.1) is 0 Å². The Morgan fingerprint density at radius 3 is 2.48 bits per heavy atom. The fourth-order valence-electron chi connectivity index (χ4n) is 2.63. The SMILES string of the molecule is COc1ccc(-c2cncc(C#N)c2Nc2cc(Cl)ccc2Cl)cc1OC. The van der Waals surface area contributed by atoms with Crippen LogP contribution in [-0.4, -0.2) is 19.2 Å². The fourth-order valence-corrected chi connectivity index (χ4v) is 2.97. The molecule has 0 unspecified atom stereocenters. The summed E-state index contributed by atoms with van der Waals surface area (Å²) in [5.41, 5.74) is 3.06. The highest BCUT2D eigenvalue weighted by molar-refractivity contribution is 6.35. The first kappa shape index (κ1) is 18.8. The minimum absolute atomic E-state index is 0.373. The average Bonchev–Trinajstić information content (AvgIpc) is 2.70. The molecule has 27 heavy (non-hydrogen) atoms. The van der Waals surface area contributed by atoms with Crippen LogP contribution in [0, 0.1) is 11.3 Å². The molecule has 0 aliphatic heterocycles. The highest BCUT2D eigenvalue weighted by Crippen LogP contribution is 2.38. The van der Waals surface area contributed by atoms with Gasteiger partial charge in [0.1, 0.15) is 6.07 Å². The van der Waals surface area contributed by atoms with E-state index < -0.39 is 0 Å². The van der Waals surface area contributed by atoms with E-state index in [1.807, 2.05) is 12.1 Å². The van der Waals surface area contributed by atoms with Crippen molar-refractivity contribution in [3.8, 4) is 28.7 Å². The Labute approximate surface area is 167 Å². The number of methoxy groups -OCH3 is 2. The Bertz CT molecular complexity index is 1030. The largest absolute Gasteiger partial charge is 0.493 e. The molecule has 1 heterocycles. The van der Waals surface area contributed by atoms with E-state index in [1.165, 1.54) is 6.20 Å². The molecule has 0 radical (unpaired) electrons. The molecule has 0 aliphatic rings. The molecule has 0 amide bonds. The van der Waals surface area contributed by atoms with Crippen LogP contribution in [0.2, 0.25) is 10.0 Å². The molecule has 5 nitrogen and oxygen atoms in total. The summed E-state index contributed by atoms with van der Waals surface area (Å²) in [5, 5.41) is 13.8. The summed E-state index contributed by atoms with van der Waals surface area (Å²) >= 11 is 12.4. The lowest BCUT2D eigenvalue weighted by molar-refractivity contribution is 0.355. The van der Waals surface area contributed by atoms with Crippen LogP contribution in [-0.2, 0) is 0 Å². The fraction of sp³-hybridized carbons (Fsp3) is 0.100. The van der Waals surface area contributed by atoms with Crippen LogP contribution in [0.1, 0.15) is 5.56 Å². The van der Waals surface area contributed by atoms with E-state index in [2.05, 4.69) is 16.4 Å². The Morgan fingerprint density at radius 2 is 1.78 bits per heavy atom. The Morgan fingerprint density at radius 1 is 1.00 bits per heavy atom. The van der Waals surface area contributed by atoms with Crippen LogP contribution in [0.5, 0.6) is 11.5 Å². The van der Waals surface area contributed by atoms with Gasteiger partial charge >= 0.3 is 0 Å². The molecule has 3 aromatic rings. The molecule has 0 aliphatic carbocycles. The van der Waals surface area contributed by atoms with Crippen LogP contribution >= 0.6 is 23.2 Å². The molecule has 0 saturated carbocycles. The van der Waals surface area contributed by atoms with Crippen molar-refractivity contribution >= 4 is 34.6 Å². The second-order valence-corrected chi connectivity index (χ2v) is 6.38. The second-order valence-electron chi connectivity index (χ2n) is 5.54. The molecule has 1 aromatic heterocycles. The number of halogens is 2. The number of rotatable bonds is 5. The van der Waals surface area contributed by atoms with Crippen LogP contribution in [0.3, 0.4) is 0 Å². The molecule has 0 atom stereocenters. The molecule has 0 bridgehead atoms. The predicted octanol–water partition coefficient (Wildman–Crippen LogP) is 5.69. The summed E-state index contributed by atoms with van der Waals surface area (Å²) in [6.45, 7) is 0. The van der Waals surface area contributed by atoms with Crippen molar-refractivity contribution in [1.29, 1.82) is 5.26 Å². The Hall–Kier alpha value is -2.94. The quantitative estimate of drug-likeness (QED) is 0.596. The van der Waals surface area contributed by atoms with E-state index in [4.69, 9.17) is 32.7 Å². The van der Waals surface area contributed by atoms with Gasteiger partial charge in [-0.2, -0.15) is 5.26 Å². The third-order valence-electron chi connectivity index (χ3n) is 3.95. The Balaban J connectivity index is 2.15. The van der Waals surface area contributed by atoms with Gasteiger partial charge in [0.15, 0.2) is 11.5 Å². The molecule has 0 fully saturated rings. The first-order valence-electron chi connectivity index (χ1n) is 7.90. The second kappa shape index (κ2) is 8.17. The summed E-state index contributed by atoms with van der Waals surface area (Å²) < 4.78 is 10.7. The molecule has 136 valence electrons. The standard InChI is InChI=1S/C20H15Cl2N3O2/c1-26-18-6-3-12(7-19(18)27-2)15-11-24-10-13(9-23)20(15)25-17-8-14(21)4-5-16(17)22/h3-8,10-11H,1-2H3,(H,24,25). The van der Waals surface area contributed by atoms with Crippen molar-refractivity contribution in [3.05, 3.63) is 64.4 Å². The van der Waals surface area contributed by atoms with Gasteiger partial charge in [-0.25, -0.2) is 0 Å². The van der Waals surface area contributed by atoms with Gasteiger partial charge in [-0.1, -0.05) is 29.3 Å². The summed E-state index contributed by atoms with van der Waals surface area (Å²) in [7, 11) is 3.14. The number of anilines is 2. The van der Waals surface area contributed by atoms with Crippen molar-refractivity contribution in [2.24, 2.45) is 0 Å². The summed E-state index contributed by atoms with van der Waals surface area (Å²) in [6.07, 6.45) is 3.16. The summed E-state index contributed by atoms with van der Waals surface area (Å²) in [6, 6.07) is 12.7. The van der Waals surface area contributed by atoms with E-state index in [1.54, 1.807) is 44.7 Å². The molecule has 0 saturated heterocycles. The first-order chi connectivity index (χ1) is 13.1. The van der Waals surface area contributed by atoms with E-state index in [0.717, 1.165) is 5.56 Å². The summed E-state index contributed by atoms with van der Waals surface area (Å²) in [4.78, 5) is 4.18. The third kappa shape index (κ3) is 3.92. The third-order valence-corrected chi connectivity index (χ3v) is 4.51. The highest BCUT2D eigenvalue weighted by Gasteiger charge is 2.15. The van der Waals surface area contributed by atoms with Gasteiger partial charge in [-0.3, -0.25) is 4.98 Å². The number of nitriles is 1. The van der Waals surface area contributed by atoms with Crippen molar-refractivity contribution in [2.45, 2.75) is 0 Å². The van der Waals surface area contributed by atoms with Gasteiger partial charge in [0.25, 0.3) is 0 Å². The number of aromatic nitrogens is 1. The van der Waals surface area contributed by atoms with E-state index in [0.29, 0.717) is 44.0 Å². The van der Waals surface area contributed by atoms with Crippen molar-refractivity contribution < 1.29 is 9.47 Å². The number of pyridine rings is 1. The zero-order chi connectivity index (χ0) is 19.4. The van der Waals surface area contributed by atoms with Crippen LogP contribution in [0.4, 0.5) is 11.4 Å². The van der Waals surface area contributed by atoms with Crippen LogP contribution in [0.15, 0.2) is 48.8 Å². The van der Waals surface area contributed by atoms with Gasteiger partial charge in [0.2, 0.25) is 0 Å². The van der Waals surface area contributed by atoms with Crippen LogP contribution < -0.4 is 14.8 Å². The number of nitrogens with one attached hydrogen (secondary N) is 1. The molecular formula is C20H15Cl2N3O2. The van der Waals surface area contributed by atoms with Gasteiger partial charge in [0, 0.05) is 23.0 Å². The topological polar surface area (TPSA) is 67.2 Å². The van der Waals surface area contributed by atoms with E-state index in [9.17, 15) is 5.26 Å². The summed E-state index contributed by atoms with van der Waals surface area (Å²) in [5.74, 6) is 1.18. The Kier molecular flexibility index (Phi) is 5.70. The lowest BCUT2D eigenvalue weighted by Crippen LogP contribution is -1.99. The van der Waals surface area contributed by atoms with Crippen molar-refractivity contribution in [3.63, 3.8) is 0 Å². The van der Waals surface area contributed by atoms with Crippen molar-refractivity contribution in [2.75, 3.05) is 19.5 Å². The number of nitrogens with zero attached hydrogens (tertiary/aromatic N) is 2. The minimum atomic E-state index is 0.373. The molecule has 7 heteroatoms. The van der Waals surface area contributed by atoms with E-state index >= 15 is 0 Å². The number of hydrogen-bond acceptors (Lipinski definition) is 5. The zero-order valence-electron chi connectivity index (χ0n) is 14.6. The molecule has 0 spiro atoms. The predicted molar refractivity (Wildman–Crippen MR) is 107 cm³/mol. The lowest BCUT2D eigenvalue weighted by Gasteiger charge is -2.16. The maximum atomic E-state index is 9.54. The van der Waals surface area contributed by atoms with Crippen molar-refractivity contribution in [1.82, 2.24) is 4.98 Å². The minimum Gasteiger partial charge on any atom is -0.493 e. The molecule has 2 aromatic carbocycles. The monoisotopic (exact) mass is 399 g/mol. The highest BCUT2D eigenvalue weighted by atomic mass is 35.5. The van der Waals surface area contributed by atoms with E-state index in [-0.39, 0.29) is 0 Å². The zero-order valence-corrected chi connectivity index (χ0v) is 16.1. The molecule has 3 rings (SSSR count). The lowest BCUT2D eigenvalue weighted by atomic mass is 10.0. The molecular weight excluding hydrogens is 385 g/mol. The number of ether oxygens (including phenoxy) is 2. The first-order valence-corrected chi connectivity index (χ1v) is 8.65. The normalized spacial score (nSPS) is 10.2. The smallest absolute Gasteiger partial charge is 0.161 e. The number of hydrogen-bond donors (Lipinski definition) is 1. The maximum Gasteiger partial charge on any atom is 0.161 e. The van der Waals surface area contributed by atoms with Crippen LogP contribution in [0.25, 0.3) is 11.1 Å². The maximum absolute atomic E-state index is 9.54. The average molecular weight is 400 g/mol. The van der Waals surface area contributed by atoms with Gasteiger partial charge in [0.05, 0.1) is 36.2 Å². The van der Waals surface area contributed by atoms with Gasteiger partial charge in [-0.05, 0) is 35.9 Å².